The zero-order valence-corrected chi connectivity index (χ0v) is 17.1. The van der Waals surface area contributed by atoms with Crippen LogP contribution in [0.25, 0.3) is 0 Å². The predicted octanol–water partition coefficient (Wildman–Crippen LogP) is -4.62. The van der Waals surface area contributed by atoms with Gasteiger partial charge >= 0.3 is 0 Å². The Morgan fingerprint density at radius 1 is 0.481 bits per heavy atom. The normalized spacial score (nSPS) is 34.3. The fourth-order valence-electron chi connectivity index (χ4n) is 4.36. The molecule has 1 fully saturated rings. The van der Waals surface area contributed by atoms with E-state index in [1.54, 1.807) is 57.0 Å². The van der Waals surface area contributed by atoms with Crippen LogP contribution in [0.1, 0.15) is 0 Å². The van der Waals surface area contributed by atoms with E-state index in [0.717, 1.165) is 0 Å². The molecule has 0 saturated carbocycles. The minimum Gasteiger partial charge on any atom is -0.392 e. The average Bonchev–Trinajstić information content (AvgIpc) is 2.63. The molecule has 12 heteroatoms. The highest BCUT2D eigenvalue weighted by Crippen LogP contribution is 2.46. The van der Waals surface area contributed by atoms with Crippen molar-refractivity contribution < 1.29 is 30.6 Å². The van der Waals surface area contributed by atoms with Crippen molar-refractivity contribution in [3.8, 4) is 0 Å². The van der Waals surface area contributed by atoms with Crippen molar-refractivity contribution in [2.45, 2.75) is 17.4 Å². The lowest BCUT2D eigenvalue weighted by molar-refractivity contribution is -0.438. The first kappa shape index (κ1) is 24.6. The Balaban J connectivity index is 4.08. The summed E-state index contributed by atoms with van der Waals surface area (Å²) in [5, 5.41) is 62.3. The van der Waals surface area contributed by atoms with Crippen LogP contribution in [-0.2, 0) is 0 Å². The van der Waals surface area contributed by atoms with Crippen LogP contribution in [-0.4, -0.2) is 160 Å². The van der Waals surface area contributed by atoms with Crippen LogP contribution >= 0.6 is 0 Å². The summed E-state index contributed by atoms with van der Waals surface area (Å²) in [6.07, 6.45) is 0. The van der Waals surface area contributed by atoms with E-state index in [1.165, 1.54) is 14.7 Å². The van der Waals surface area contributed by atoms with Gasteiger partial charge in [-0.2, -0.15) is 0 Å². The largest absolute Gasteiger partial charge is 0.392 e. The second-order valence-electron chi connectivity index (χ2n) is 7.19. The Kier molecular flexibility index (Phi) is 8.10. The molecule has 0 aromatic heterocycles. The van der Waals surface area contributed by atoms with Gasteiger partial charge in [-0.05, 0) is 42.3 Å². The van der Waals surface area contributed by atoms with E-state index in [1.807, 2.05) is 0 Å². The van der Waals surface area contributed by atoms with Crippen molar-refractivity contribution in [1.29, 1.82) is 0 Å². The highest BCUT2D eigenvalue weighted by atomic mass is 16.3. The Morgan fingerprint density at radius 2 is 0.667 bits per heavy atom. The molecule has 0 aliphatic carbocycles. The molecule has 0 aromatic rings. The number of hydrogen-bond acceptors (Lipinski definition) is 12. The van der Waals surface area contributed by atoms with Gasteiger partial charge < -0.3 is 30.6 Å². The lowest BCUT2D eigenvalue weighted by atomic mass is 9.99. The SMILES string of the molecule is CN(C)C1(CO)N(CO)C(CO)(N(C)C)N(CO)C(CO)(N(C)C)N1CO. The van der Waals surface area contributed by atoms with Gasteiger partial charge in [-0.3, -0.25) is 14.7 Å². The first-order valence-electron chi connectivity index (χ1n) is 8.60. The third-order valence-electron chi connectivity index (χ3n) is 5.80. The molecule has 162 valence electrons. The predicted molar refractivity (Wildman–Crippen MR) is 97.3 cm³/mol. The first-order valence-corrected chi connectivity index (χ1v) is 8.60. The van der Waals surface area contributed by atoms with Gasteiger partial charge in [0.15, 0.2) is 17.4 Å². The van der Waals surface area contributed by atoms with Gasteiger partial charge in [0.2, 0.25) is 0 Å². The number of hydrogen-bond donors (Lipinski definition) is 6. The summed E-state index contributed by atoms with van der Waals surface area (Å²) in [7, 11) is 9.87. The highest BCUT2D eigenvalue weighted by molar-refractivity contribution is 5.09. The van der Waals surface area contributed by atoms with E-state index in [4.69, 9.17) is 0 Å². The summed E-state index contributed by atoms with van der Waals surface area (Å²) < 4.78 is 0. The number of likely N-dealkylation sites (N-methyl/N-ethyl adjacent to an activating group) is 3. The molecular weight excluding hydrogens is 360 g/mol. The third-order valence-corrected chi connectivity index (χ3v) is 5.80. The maximum atomic E-state index is 10.5. The molecule has 0 bridgehead atoms. The molecule has 1 aliphatic rings. The average molecular weight is 396 g/mol. The molecule has 0 aromatic carbocycles. The molecule has 0 atom stereocenters. The molecule has 1 heterocycles. The minimum absolute atomic E-state index is 0.578. The van der Waals surface area contributed by atoms with Crippen LogP contribution in [0.4, 0.5) is 0 Å². The van der Waals surface area contributed by atoms with Crippen LogP contribution < -0.4 is 0 Å². The molecular formula is C15H36N6O6. The van der Waals surface area contributed by atoms with Crippen LogP contribution in [0.3, 0.4) is 0 Å². The summed E-state index contributed by atoms with van der Waals surface area (Å²) in [6.45, 7) is -3.61. The summed E-state index contributed by atoms with van der Waals surface area (Å²) >= 11 is 0. The lowest BCUT2D eigenvalue weighted by Gasteiger charge is -2.73. The quantitative estimate of drug-likeness (QED) is 0.223. The first-order chi connectivity index (χ1) is 12.6. The highest BCUT2D eigenvalue weighted by Gasteiger charge is 2.70. The molecule has 0 amide bonds. The molecule has 27 heavy (non-hydrogen) atoms. The Hall–Kier alpha value is -0.480. The van der Waals surface area contributed by atoms with Crippen molar-refractivity contribution >= 4 is 0 Å². The number of nitrogens with zero attached hydrogens (tertiary/aromatic N) is 6. The number of aliphatic hydroxyl groups is 6. The standard InChI is InChI=1S/C15H36N6O6/c1-16(2)13(7-22)19(10-25)14(8-23,17(3)4)21(12-27)15(9-24,18(5)6)20(13)11-26/h22-27H,7-12H2,1-6H3. The Morgan fingerprint density at radius 3 is 0.741 bits per heavy atom. The summed E-state index contributed by atoms with van der Waals surface area (Å²) in [4.78, 5) is 8.83. The maximum Gasteiger partial charge on any atom is 0.163 e. The van der Waals surface area contributed by atoms with Gasteiger partial charge in [0.25, 0.3) is 0 Å². The van der Waals surface area contributed by atoms with Crippen molar-refractivity contribution in [1.82, 2.24) is 29.4 Å². The smallest absolute Gasteiger partial charge is 0.163 e. The molecule has 1 rings (SSSR count). The zero-order valence-electron chi connectivity index (χ0n) is 17.1. The van der Waals surface area contributed by atoms with Crippen molar-refractivity contribution in [3.63, 3.8) is 0 Å². The van der Waals surface area contributed by atoms with Crippen molar-refractivity contribution in [2.75, 3.05) is 82.3 Å². The van der Waals surface area contributed by atoms with Crippen molar-refractivity contribution in [3.05, 3.63) is 0 Å². The molecule has 1 aliphatic heterocycles. The fraction of sp³-hybridized carbons (Fsp3) is 1.00. The van der Waals surface area contributed by atoms with Crippen LogP contribution in [0, 0.1) is 0 Å². The van der Waals surface area contributed by atoms with E-state index in [-0.39, 0.29) is 0 Å². The summed E-state index contributed by atoms with van der Waals surface area (Å²) in [6, 6.07) is 0. The van der Waals surface area contributed by atoms with Gasteiger partial charge in [0.05, 0.1) is 19.8 Å². The summed E-state index contributed by atoms with van der Waals surface area (Å²) in [5.74, 6) is -4.60. The molecule has 0 unspecified atom stereocenters. The molecule has 0 radical (unpaired) electrons. The minimum atomic E-state index is -1.53. The van der Waals surface area contributed by atoms with E-state index >= 15 is 0 Å². The van der Waals surface area contributed by atoms with E-state index < -0.39 is 57.4 Å². The van der Waals surface area contributed by atoms with E-state index in [9.17, 15) is 30.6 Å². The van der Waals surface area contributed by atoms with Crippen LogP contribution in [0.2, 0.25) is 0 Å². The molecule has 12 nitrogen and oxygen atoms in total. The van der Waals surface area contributed by atoms with E-state index in [2.05, 4.69) is 0 Å². The van der Waals surface area contributed by atoms with Gasteiger partial charge in [-0.25, -0.2) is 14.7 Å². The molecule has 1 saturated heterocycles. The summed E-state index contributed by atoms with van der Waals surface area (Å²) in [5.41, 5.74) is 0. The Bertz CT molecular complexity index is 401. The van der Waals surface area contributed by atoms with Gasteiger partial charge in [-0.1, -0.05) is 0 Å². The topological polar surface area (TPSA) is 141 Å². The number of rotatable bonds is 9. The maximum absolute atomic E-state index is 10.5. The molecule has 0 spiro atoms. The Labute approximate surface area is 160 Å². The van der Waals surface area contributed by atoms with Gasteiger partial charge in [0, 0.05) is 0 Å². The zero-order chi connectivity index (χ0) is 21.2. The second kappa shape index (κ2) is 8.90. The molecule has 6 N–H and O–H groups in total. The monoisotopic (exact) mass is 396 g/mol. The fourth-order valence-corrected chi connectivity index (χ4v) is 4.36. The second-order valence-corrected chi connectivity index (χ2v) is 7.19. The lowest BCUT2D eigenvalue weighted by Crippen LogP contribution is -2.95. The third kappa shape index (κ3) is 3.01. The van der Waals surface area contributed by atoms with Crippen molar-refractivity contribution in [2.24, 2.45) is 0 Å². The number of aliphatic hydroxyl groups excluding tert-OH is 6. The van der Waals surface area contributed by atoms with Gasteiger partial charge in [0.1, 0.15) is 20.2 Å². The van der Waals surface area contributed by atoms with Crippen LogP contribution in [0.15, 0.2) is 0 Å². The van der Waals surface area contributed by atoms with Gasteiger partial charge in [-0.15, -0.1) is 0 Å². The van der Waals surface area contributed by atoms with E-state index in [0.29, 0.717) is 0 Å². The van der Waals surface area contributed by atoms with Crippen LogP contribution in [0.5, 0.6) is 0 Å².